The molecule has 0 aliphatic heterocycles. The lowest BCUT2D eigenvalue weighted by Gasteiger charge is -2.20. The summed E-state index contributed by atoms with van der Waals surface area (Å²) in [6, 6.07) is 7.36. The van der Waals surface area contributed by atoms with E-state index in [1.165, 1.54) is 6.92 Å². The van der Waals surface area contributed by atoms with Gasteiger partial charge in [0.2, 0.25) is 11.8 Å². The molecule has 0 radical (unpaired) electrons. The number of ether oxygens (including phenoxy) is 1. The molecule has 0 atom stereocenters. The van der Waals surface area contributed by atoms with Crippen LogP contribution in [-0.4, -0.2) is 43.5 Å². The van der Waals surface area contributed by atoms with Gasteiger partial charge in [-0.25, -0.2) is 0 Å². The maximum Gasteiger partial charge on any atom is 0.222 e. The van der Waals surface area contributed by atoms with E-state index in [4.69, 9.17) is 16.3 Å². The van der Waals surface area contributed by atoms with Crippen molar-refractivity contribution in [2.75, 3.05) is 26.8 Å². The van der Waals surface area contributed by atoms with Crippen LogP contribution in [0.2, 0.25) is 5.02 Å². The average Bonchev–Trinajstić information content (AvgIpc) is 2.46. The molecule has 2 amide bonds. The fourth-order valence-corrected chi connectivity index (χ4v) is 1.99. The van der Waals surface area contributed by atoms with Crippen LogP contribution in [0.3, 0.4) is 0 Å². The second kappa shape index (κ2) is 9.37. The summed E-state index contributed by atoms with van der Waals surface area (Å²) in [7, 11) is 1.58. The van der Waals surface area contributed by atoms with Gasteiger partial charge in [-0.2, -0.15) is 0 Å². The van der Waals surface area contributed by atoms with Gasteiger partial charge in [-0.05, 0) is 11.6 Å². The first-order valence-electron chi connectivity index (χ1n) is 6.79. The Bertz CT molecular complexity index is 480. The van der Waals surface area contributed by atoms with E-state index in [1.807, 2.05) is 18.2 Å². The summed E-state index contributed by atoms with van der Waals surface area (Å²) in [4.78, 5) is 24.8. The van der Waals surface area contributed by atoms with Crippen molar-refractivity contribution >= 4 is 23.4 Å². The van der Waals surface area contributed by atoms with E-state index in [1.54, 1.807) is 18.1 Å². The summed E-state index contributed by atoms with van der Waals surface area (Å²) < 4.78 is 4.94. The zero-order valence-corrected chi connectivity index (χ0v) is 13.2. The Morgan fingerprint density at radius 2 is 2.00 bits per heavy atom. The molecule has 0 saturated heterocycles. The molecule has 0 unspecified atom stereocenters. The highest BCUT2D eigenvalue weighted by molar-refractivity contribution is 6.31. The number of nitrogens with zero attached hydrogens (tertiary/aromatic N) is 1. The molecule has 0 aliphatic carbocycles. The van der Waals surface area contributed by atoms with Crippen LogP contribution in [0.4, 0.5) is 0 Å². The van der Waals surface area contributed by atoms with Crippen molar-refractivity contribution in [2.45, 2.75) is 19.9 Å². The molecule has 116 valence electrons. The Kier molecular flexibility index (Phi) is 7.79. The van der Waals surface area contributed by atoms with Gasteiger partial charge in [0.1, 0.15) is 0 Å². The number of nitrogens with one attached hydrogen (secondary N) is 1. The maximum absolute atomic E-state index is 11.8. The first-order valence-corrected chi connectivity index (χ1v) is 7.17. The smallest absolute Gasteiger partial charge is 0.222 e. The van der Waals surface area contributed by atoms with Gasteiger partial charge in [0.25, 0.3) is 0 Å². The van der Waals surface area contributed by atoms with Gasteiger partial charge in [0.15, 0.2) is 0 Å². The van der Waals surface area contributed by atoms with E-state index in [2.05, 4.69) is 5.32 Å². The first-order chi connectivity index (χ1) is 10.0. The van der Waals surface area contributed by atoms with E-state index in [0.29, 0.717) is 31.3 Å². The predicted octanol–water partition coefficient (Wildman–Crippen LogP) is 1.84. The molecule has 0 saturated carbocycles. The molecular formula is C15H21ClN2O3. The Hall–Kier alpha value is -1.59. The van der Waals surface area contributed by atoms with Crippen molar-refractivity contribution in [1.82, 2.24) is 10.2 Å². The minimum atomic E-state index is -0.112. The van der Waals surface area contributed by atoms with Crippen molar-refractivity contribution in [3.63, 3.8) is 0 Å². The normalized spacial score (nSPS) is 10.2. The standard InChI is InChI=1S/C15H21ClN2O3/c1-12(19)18(9-10-21-2)8-7-15(20)17-11-13-5-3-4-6-14(13)16/h3-6H,7-11H2,1-2H3,(H,17,20). The van der Waals surface area contributed by atoms with Crippen molar-refractivity contribution in [3.05, 3.63) is 34.9 Å². The maximum atomic E-state index is 11.8. The van der Waals surface area contributed by atoms with Crippen LogP contribution in [0.25, 0.3) is 0 Å². The van der Waals surface area contributed by atoms with Crippen LogP contribution in [0.15, 0.2) is 24.3 Å². The number of carbonyl (C=O) groups excluding carboxylic acids is 2. The van der Waals surface area contributed by atoms with Gasteiger partial charge in [0.05, 0.1) is 6.61 Å². The minimum absolute atomic E-state index is 0.0639. The Labute approximate surface area is 130 Å². The number of hydrogen-bond acceptors (Lipinski definition) is 3. The van der Waals surface area contributed by atoms with Gasteiger partial charge >= 0.3 is 0 Å². The third-order valence-corrected chi connectivity index (χ3v) is 3.42. The molecule has 0 fully saturated rings. The van der Waals surface area contributed by atoms with E-state index >= 15 is 0 Å². The topological polar surface area (TPSA) is 58.6 Å². The zero-order valence-electron chi connectivity index (χ0n) is 12.4. The number of carbonyl (C=O) groups is 2. The Morgan fingerprint density at radius 3 is 2.62 bits per heavy atom. The number of benzene rings is 1. The molecule has 1 rings (SSSR count). The molecule has 1 aromatic rings. The molecule has 0 spiro atoms. The molecular weight excluding hydrogens is 292 g/mol. The summed E-state index contributed by atoms with van der Waals surface area (Å²) in [5.74, 6) is -0.176. The van der Waals surface area contributed by atoms with Gasteiger partial charge in [-0.15, -0.1) is 0 Å². The third kappa shape index (κ3) is 6.60. The van der Waals surface area contributed by atoms with Gasteiger partial charge in [0, 0.05) is 45.1 Å². The van der Waals surface area contributed by atoms with Gasteiger partial charge < -0.3 is 15.0 Å². The molecule has 0 heterocycles. The molecule has 1 N–H and O–H groups in total. The molecule has 6 heteroatoms. The lowest BCUT2D eigenvalue weighted by Crippen LogP contribution is -2.35. The summed E-state index contributed by atoms with van der Waals surface area (Å²) >= 11 is 6.02. The molecule has 1 aromatic carbocycles. The van der Waals surface area contributed by atoms with E-state index in [-0.39, 0.29) is 18.2 Å². The van der Waals surface area contributed by atoms with Crippen LogP contribution >= 0.6 is 11.6 Å². The van der Waals surface area contributed by atoms with Crippen LogP contribution in [0.1, 0.15) is 18.9 Å². The minimum Gasteiger partial charge on any atom is -0.383 e. The van der Waals surface area contributed by atoms with E-state index < -0.39 is 0 Å². The number of halogens is 1. The third-order valence-electron chi connectivity index (χ3n) is 3.05. The van der Waals surface area contributed by atoms with Gasteiger partial charge in [-0.3, -0.25) is 9.59 Å². The van der Waals surface area contributed by atoms with Crippen molar-refractivity contribution in [2.24, 2.45) is 0 Å². The number of methoxy groups -OCH3 is 1. The second-order valence-electron chi connectivity index (χ2n) is 4.62. The Morgan fingerprint density at radius 1 is 1.29 bits per heavy atom. The van der Waals surface area contributed by atoms with Crippen LogP contribution in [0, 0.1) is 0 Å². The van der Waals surface area contributed by atoms with E-state index in [9.17, 15) is 9.59 Å². The van der Waals surface area contributed by atoms with Crippen LogP contribution in [0.5, 0.6) is 0 Å². The quantitative estimate of drug-likeness (QED) is 0.797. The van der Waals surface area contributed by atoms with Crippen LogP contribution < -0.4 is 5.32 Å². The highest BCUT2D eigenvalue weighted by Gasteiger charge is 2.11. The first kappa shape index (κ1) is 17.5. The van der Waals surface area contributed by atoms with Gasteiger partial charge in [-0.1, -0.05) is 29.8 Å². The molecule has 21 heavy (non-hydrogen) atoms. The fraction of sp³-hybridized carbons (Fsp3) is 0.467. The number of amides is 2. The lowest BCUT2D eigenvalue weighted by molar-refractivity contribution is -0.130. The molecule has 0 aliphatic rings. The summed E-state index contributed by atoms with van der Waals surface area (Å²) in [6.07, 6.45) is 0.258. The van der Waals surface area contributed by atoms with Crippen molar-refractivity contribution in [1.29, 1.82) is 0 Å². The molecule has 0 aromatic heterocycles. The molecule has 5 nitrogen and oxygen atoms in total. The summed E-state index contributed by atoms with van der Waals surface area (Å²) in [6.45, 7) is 3.20. The summed E-state index contributed by atoms with van der Waals surface area (Å²) in [5.41, 5.74) is 0.871. The highest BCUT2D eigenvalue weighted by Crippen LogP contribution is 2.14. The monoisotopic (exact) mass is 312 g/mol. The largest absolute Gasteiger partial charge is 0.383 e. The van der Waals surface area contributed by atoms with Crippen LogP contribution in [-0.2, 0) is 20.9 Å². The van der Waals surface area contributed by atoms with Crippen molar-refractivity contribution in [3.8, 4) is 0 Å². The highest BCUT2D eigenvalue weighted by atomic mass is 35.5. The second-order valence-corrected chi connectivity index (χ2v) is 5.02. The number of rotatable bonds is 8. The average molecular weight is 313 g/mol. The molecule has 0 bridgehead atoms. The fourth-order valence-electron chi connectivity index (χ4n) is 1.79. The summed E-state index contributed by atoms with van der Waals surface area (Å²) in [5, 5.41) is 3.43. The lowest BCUT2D eigenvalue weighted by atomic mass is 10.2. The Balaban J connectivity index is 2.36. The van der Waals surface area contributed by atoms with Crippen molar-refractivity contribution < 1.29 is 14.3 Å². The number of hydrogen-bond donors (Lipinski definition) is 1. The SMILES string of the molecule is COCCN(CCC(=O)NCc1ccccc1Cl)C(C)=O. The zero-order chi connectivity index (χ0) is 15.7. The predicted molar refractivity (Wildman–Crippen MR) is 82.0 cm³/mol. The van der Waals surface area contributed by atoms with E-state index in [0.717, 1.165) is 5.56 Å².